The van der Waals surface area contributed by atoms with Crippen LogP contribution in [-0.4, -0.2) is 136 Å². The van der Waals surface area contributed by atoms with Gasteiger partial charge in [-0.2, -0.15) is 0 Å². The Balaban J connectivity index is 2.12. The van der Waals surface area contributed by atoms with Crippen LogP contribution in [0.2, 0.25) is 0 Å². The number of hydrogen-bond acceptors (Lipinski definition) is 14. The lowest BCUT2D eigenvalue weighted by Gasteiger charge is -2.41. The lowest BCUT2D eigenvalue weighted by molar-refractivity contribution is -0.311. The zero-order valence-electron chi connectivity index (χ0n) is 39.1. The van der Waals surface area contributed by atoms with Gasteiger partial charge in [0.1, 0.15) is 35.6 Å². The maximum atomic E-state index is 13.8. The number of thioether (sulfide) groups is 1. The summed E-state index contributed by atoms with van der Waals surface area (Å²) in [5.74, 6) is -0.707. The molecule has 0 aromatic heterocycles. The van der Waals surface area contributed by atoms with Gasteiger partial charge in [-0.1, -0.05) is 106 Å². The molecule has 14 nitrogen and oxygen atoms in total. The maximum absolute atomic E-state index is 13.8. The SMILES string of the molecule is CNC(=O)O[C@@H](CC(C)C)C1=NC([C@H]2OC(=O)/C(C)=C/C/C(C)=C/[C@@H](O)[C@@H](C)\C=C(C)/C=C(C)\C=C\[C@@H](O[C@@H]3O[C@H](CO)[C@@H](O)[C@H](O)[C@H]3O)[C@H](C)[C@H](OC)/C(C)=C/C=C/[C@@H]2C)CS1. The molecule has 0 spiro atoms. The highest BCUT2D eigenvalue weighted by molar-refractivity contribution is 8.14. The van der Waals surface area contributed by atoms with E-state index in [0.29, 0.717) is 29.2 Å². The topological polar surface area (TPSA) is 206 Å². The third-order valence-electron chi connectivity index (χ3n) is 11.4. The first-order valence-corrected chi connectivity index (χ1v) is 22.9. The van der Waals surface area contributed by atoms with Crippen molar-refractivity contribution in [1.82, 2.24) is 5.32 Å². The predicted molar refractivity (Wildman–Crippen MR) is 247 cm³/mol. The molecule has 1 saturated heterocycles. The first-order valence-electron chi connectivity index (χ1n) is 21.9. The second-order valence-corrected chi connectivity index (χ2v) is 18.6. The van der Waals surface area contributed by atoms with Crippen molar-refractivity contribution in [2.75, 3.05) is 26.5 Å². The molecule has 3 rings (SSSR count). The average molecular weight is 903 g/mol. The average Bonchev–Trinajstić information content (AvgIpc) is 3.72. The van der Waals surface area contributed by atoms with Gasteiger partial charge in [0, 0.05) is 43.2 Å². The van der Waals surface area contributed by atoms with E-state index < -0.39 is 91.9 Å². The van der Waals surface area contributed by atoms with E-state index in [4.69, 9.17) is 28.7 Å². The number of amides is 1. The summed E-state index contributed by atoms with van der Waals surface area (Å²) in [6.45, 7) is 18.7. The first-order chi connectivity index (χ1) is 29.7. The van der Waals surface area contributed by atoms with Crippen LogP contribution in [-0.2, 0) is 28.5 Å². The van der Waals surface area contributed by atoms with E-state index in [1.54, 1.807) is 20.1 Å². The molecule has 354 valence electrons. The number of hydrogen-bond donors (Lipinski definition) is 6. The Hall–Kier alpha value is -3.38. The molecule has 0 aromatic carbocycles. The minimum Gasteiger partial charge on any atom is -0.456 e. The van der Waals surface area contributed by atoms with Crippen molar-refractivity contribution < 1.29 is 58.8 Å². The number of nitrogens with one attached hydrogen (secondary N) is 1. The zero-order valence-corrected chi connectivity index (χ0v) is 40.0. The summed E-state index contributed by atoms with van der Waals surface area (Å²) < 4.78 is 30.2. The third-order valence-corrected chi connectivity index (χ3v) is 12.6. The number of aliphatic hydroxyl groups is 5. The molecule has 1 fully saturated rings. The number of rotatable bonds is 9. The van der Waals surface area contributed by atoms with Gasteiger partial charge in [-0.25, -0.2) is 9.59 Å². The highest BCUT2D eigenvalue weighted by atomic mass is 32.2. The molecule has 15 heteroatoms. The molecule has 0 saturated carbocycles. The van der Waals surface area contributed by atoms with Crippen LogP contribution in [0, 0.1) is 23.7 Å². The lowest BCUT2D eigenvalue weighted by atomic mass is 9.91. The van der Waals surface area contributed by atoms with E-state index in [-0.39, 0.29) is 17.8 Å². The minimum atomic E-state index is -1.62. The largest absolute Gasteiger partial charge is 0.456 e. The van der Waals surface area contributed by atoms with Crippen LogP contribution >= 0.6 is 11.8 Å². The molecule has 1 amide bonds. The fraction of sp³-hybridized carbons (Fsp3) is 0.646. The van der Waals surface area contributed by atoms with E-state index in [1.807, 2.05) is 111 Å². The van der Waals surface area contributed by atoms with E-state index in [9.17, 15) is 35.1 Å². The number of aliphatic hydroxyl groups excluding tert-OH is 5. The van der Waals surface area contributed by atoms with Gasteiger partial charge in [0.2, 0.25) is 0 Å². The number of allylic oxidation sites excluding steroid dienone is 8. The van der Waals surface area contributed by atoms with Crippen LogP contribution in [0.3, 0.4) is 0 Å². The predicted octanol–water partition coefficient (Wildman–Crippen LogP) is 5.90. The maximum Gasteiger partial charge on any atom is 0.407 e. The molecule has 1 unspecified atom stereocenters. The lowest BCUT2D eigenvalue weighted by Crippen LogP contribution is -2.60. The molecule has 0 aromatic rings. The Morgan fingerprint density at radius 3 is 2.32 bits per heavy atom. The fourth-order valence-corrected chi connectivity index (χ4v) is 8.85. The smallest absolute Gasteiger partial charge is 0.407 e. The molecule has 0 bridgehead atoms. The number of esters is 1. The van der Waals surface area contributed by atoms with Crippen LogP contribution in [0.4, 0.5) is 4.79 Å². The number of carbonyl (C=O) groups excluding carboxylic acids is 2. The second-order valence-electron chi connectivity index (χ2n) is 17.6. The van der Waals surface area contributed by atoms with Crippen LogP contribution in [0.5, 0.6) is 0 Å². The molecular weight excluding hydrogens is 829 g/mol. The van der Waals surface area contributed by atoms with Gasteiger partial charge in [-0.3, -0.25) is 4.99 Å². The summed E-state index contributed by atoms with van der Waals surface area (Å²) in [6, 6.07) is -0.431. The molecule has 14 atom stereocenters. The first kappa shape index (κ1) is 54.0. The minimum absolute atomic E-state index is 0.227. The Morgan fingerprint density at radius 2 is 1.68 bits per heavy atom. The summed E-state index contributed by atoms with van der Waals surface area (Å²) in [5.41, 5.74) is 3.92. The van der Waals surface area contributed by atoms with Crippen LogP contribution in [0.15, 0.2) is 87.5 Å². The summed E-state index contributed by atoms with van der Waals surface area (Å²) in [7, 11) is 3.09. The monoisotopic (exact) mass is 902 g/mol. The van der Waals surface area contributed by atoms with Crippen molar-refractivity contribution in [2.45, 2.75) is 149 Å². The van der Waals surface area contributed by atoms with Gasteiger partial charge in [0.15, 0.2) is 12.4 Å². The number of ether oxygens (including phenoxy) is 5. The summed E-state index contributed by atoms with van der Waals surface area (Å²) in [5, 5.41) is 56.0. The molecule has 3 heterocycles. The number of aliphatic imine (C=N–C) groups is 1. The quantitative estimate of drug-likeness (QED) is 0.118. The molecule has 3 aliphatic heterocycles. The van der Waals surface area contributed by atoms with Crippen LogP contribution in [0.1, 0.15) is 82.1 Å². The Labute approximate surface area is 378 Å². The van der Waals surface area contributed by atoms with Crippen molar-refractivity contribution in [3.63, 3.8) is 0 Å². The zero-order chi connectivity index (χ0) is 47.1. The van der Waals surface area contributed by atoms with Gasteiger partial charge in [-0.05, 0) is 59.0 Å². The Kier molecular flexibility index (Phi) is 22.2. The highest BCUT2D eigenvalue weighted by Crippen LogP contribution is 2.32. The molecular formula is C48H74N2O12S. The van der Waals surface area contributed by atoms with Crippen molar-refractivity contribution in [3.05, 3.63) is 82.5 Å². The van der Waals surface area contributed by atoms with Gasteiger partial charge >= 0.3 is 12.1 Å². The fourth-order valence-electron chi connectivity index (χ4n) is 7.70. The number of nitrogens with zero attached hydrogens (tertiary/aromatic N) is 1. The number of methoxy groups -OCH3 is 1. The van der Waals surface area contributed by atoms with E-state index in [2.05, 4.69) is 5.32 Å². The second kappa shape index (κ2) is 25.9. The van der Waals surface area contributed by atoms with Crippen molar-refractivity contribution in [3.8, 4) is 0 Å². The van der Waals surface area contributed by atoms with Crippen LogP contribution < -0.4 is 5.32 Å². The Bertz CT molecular complexity index is 1770. The molecule has 3 aliphatic rings. The Morgan fingerprint density at radius 1 is 0.984 bits per heavy atom. The van der Waals surface area contributed by atoms with Crippen molar-refractivity contribution in [2.24, 2.45) is 28.7 Å². The third kappa shape index (κ3) is 16.2. The van der Waals surface area contributed by atoms with E-state index in [0.717, 1.165) is 22.3 Å². The summed E-state index contributed by atoms with van der Waals surface area (Å²) >= 11 is 1.49. The van der Waals surface area contributed by atoms with Crippen LogP contribution in [0.25, 0.3) is 0 Å². The van der Waals surface area contributed by atoms with E-state index in [1.165, 1.54) is 18.8 Å². The summed E-state index contributed by atoms with van der Waals surface area (Å²) in [4.78, 5) is 31.1. The van der Waals surface area contributed by atoms with Crippen molar-refractivity contribution in [1.29, 1.82) is 0 Å². The number of cyclic esters (lactones) is 1. The molecule has 0 aliphatic carbocycles. The molecule has 0 radical (unpaired) electrons. The normalized spacial score (nSPS) is 39.2. The van der Waals surface area contributed by atoms with Gasteiger partial charge < -0.3 is 54.5 Å². The van der Waals surface area contributed by atoms with Gasteiger partial charge in [0.25, 0.3) is 0 Å². The molecule has 63 heavy (non-hydrogen) atoms. The van der Waals surface area contributed by atoms with E-state index >= 15 is 0 Å². The summed E-state index contributed by atoms with van der Waals surface area (Å²) in [6.07, 6.45) is 6.83. The van der Waals surface area contributed by atoms with Gasteiger partial charge in [0.05, 0.1) is 31.0 Å². The number of alkyl carbamates (subject to hydrolysis) is 1. The van der Waals surface area contributed by atoms with Crippen molar-refractivity contribution >= 4 is 28.9 Å². The number of carbonyl (C=O) groups is 2. The highest BCUT2D eigenvalue weighted by Gasteiger charge is 2.45. The molecule has 6 N–H and O–H groups in total. The van der Waals surface area contributed by atoms with Gasteiger partial charge in [-0.15, -0.1) is 11.8 Å². The standard InChI is InChI=1S/C48H74N2O12S/c1-26(2)20-38(61-48(57)49-11)45-50-35(25-63-45)44-31(7)15-13-14-30(6)43(58-12)34(10)37(59-47-42(55)41(54)40(53)39(24-51)60-47)19-17-27(3)21-29(5)22-33(9)36(52)23-28(4)16-18-32(8)46(56)62-44/h13-15,17-19,21-23,26,31,33-44,47,51-55H,16,20,24-25H2,1-12H3,(H,49,57)/b15-13+,19-17+,27-21-,28-23+,29-22-,30-14+,32-18+/t31-,33-,34-,35?,36+,37+,38-,39+,40+,41-,42+,43+,44-,47+/m0/s1.